The molecule has 0 aliphatic carbocycles. The smallest absolute Gasteiger partial charge is 0.328 e. The van der Waals surface area contributed by atoms with Gasteiger partial charge in [0.1, 0.15) is 5.82 Å². The van der Waals surface area contributed by atoms with Gasteiger partial charge in [-0.05, 0) is 41.7 Å². The zero-order valence-corrected chi connectivity index (χ0v) is 10.9. The molecule has 0 atom stereocenters. The predicted molar refractivity (Wildman–Crippen MR) is 76.8 cm³/mol. The zero-order valence-electron chi connectivity index (χ0n) is 10.9. The van der Waals surface area contributed by atoms with Crippen LogP contribution in [0.2, 0.25) is 0 Å². The lowest BCUT2D eigenvalue weighted by molar-refractivity contribution is -0.131. The van der Waals surface area contributed by atoms with Gasteiger partial charge in [-0.2, -0.15) is 0 Å². The summed E-state index contributed by atoms with van der Waals surface area (Å²) >= 11 is 0. The van der Waals surface area contributed by atoms with E-state index in [1.807, 2.05) is 30.3 Å². The van der Waals surface area contributed by atoms with Gasteiger partial charge in [-0.1, -0.05) is 42.5 Å². The van der Waals surface area contributed by atoms with E-state index in [2.05, 4.69) is 0 Å². The van der Waals surface area contributed by atoms with Crippen LogP contribution in [0.5, 0.6) is 0 Å². The van der Waals surface area contributed by atoms with E-state index in [-0.39, 0.29) is 5.82 Å². The molecule has 0 spiro atoms. The van der Waals surface area contributed by atoms with Crippen LogP contribution in [0.1, 0.15) is 17.5 Å². The molecule has 0 radical (unpaired) electrons. The van der Waals surface area contributed by atoms with Crippen molar-refractivity contribution in [2.75, 3.05) is 0 Å². The fraction of sp³-hybridized carbons (Fsp3) is 0.118. The van der Waals surface area contributed by atoms with Crippen LogP contribution < -0.4 is 0 Å². The first kappa shape index (κ1) is 14.0. The van der Waals surface area contributed by atoms with Crippen molar-refractivity contribution < 1.29 is 14.3 Å². The average Bonchev–Trinajstić information content (AvgIpc) is 2.46. The molecule has 0 saturated carbocycles. The van der Waals surface area contributed by atoms with Crippen molar-refractivity contribution >= 4 is 11.5 Å². The van der Waals surface area contributed by atoms with Crippen LogP contribution in [0.25, 0.3) is 5.57 Å². The third kappa shape index (κ3) is 4.05. The molecule has 20 heavy (non-hydrogen) atoms. The highest BCUT2D eigenvalue weighted by Crippen LogP contribution is 2.20. The Bertz CT molecular complexity index is 601. The number of carbonyl (C=O) groups is 1. The van der Waals surface area contributed by atoms with Gasteiger partial charge in [0, 0.05) is 6.08 Å². The SMILES string of the molecule is O=C(O)C=C(CCc1ccc(F)cc1)c1ccccc1. The van der Waals surface area contributed by atoms with Crippen LogP contribution in [0.15, 0.2) is 60.7 Å². The molecule has 0 saturated heterocycles. The first-order valence-corrected chi connectivity index (χ1v) is 6.38. The third-order valence-electron chi connectivity index (χ3n) is 3.04. The maximum atomic E-state index is 12.8. The Morgan fingerprint density at radius 1 is 1.05 bits per heavy atom. The van der Waals surface area contributed by atoms with E-state index < -0.39 is 5.97 Å². The van der Waals surface area contributed by atoms with Gasteiger partial charge < -0.3 is 5.11 Å². The lowest BCUT2D eigenvalue weighted by atomic mass is 9.98. The maximum Gasteiger partial charge on any atom is 0.328 e. The topological polar surface area (TPSA) is 37.3 Å². The Morgan fingerprint density at radius 3 is 2.30 bits per heavy atom. The molecule has 0 aromatic heterocycles. The second-order valence-electron chi connectivity index (χ2n) is 4.50. The highest BCUT2D eigenvalue weighted by molar-refractivity contribution is 5.90. The molecule has 2 nitrogen and oxygen atoms in total. The fourth-order valence-electron chi connectivity index (χ4n) is 2.03. The fourth-order valence-corrected chi connectivity index (χ4v) is 2.03. The van der Waals surface area contributed by atoms with Crippen molar-refractivity contribution in [2.45, 2.75) is 12.8 Å². The molecule has 0 aliphatic heterocycles. The second-order valence-corrected chi connectivity index (χ2v) is 4.50. The van der Waals surface area contributed by atoms with Crippen LogP contribution in [0.3, 0.4) is 0 Å². The Balaban J connectivity index is 2.13. The van der Waals surface area contributed by atoms with E-state index >= 15 is 0 Å². The quantitative estimate of drug-likeness (QED) is 0.836. The summed E-state index contributed by atoms with van der Waals surface area (Å²) in [4.78, 5) is 10.9. The molecule has 0 unspecified atom stereocenters. The van der Waals surface area contributed by atoms with Crippen LogP contribution in [-0.2, 0) is 11.2 Å². The number of carboxylic acids is 1. The molecule has 2 aromatic carbocycles. The average molecular weight is 270 g/mol. The van der Waals surface area contributed by atoms with Gasteiger partial charge in [0.25, 0.3) is 0 Å². The summed E-state index contributed by atoms with van der Waals surface area (Å²) in [6.45, 7) is 0. The van der Waals surface area contributed by atoms with E-state index in [1.54, 1.807) is 12.1 Å². The first-order valence-electron chi connectivity index (χ1n) is 6.38. The van der Waals surface area contributed by atoms with Crippen molar-refractivity contribution in [1.82, 2.24) is 0 Å². The van der Waals surface area contributed by atoms with Gasteiger partial charge >= 0.3 is 5.97 Å². The summed E-state index contributed by atoms with van der Waals surface area (Å²) in [6, 6.07) is 15.7. The van der Waals surface area contributed by atoms with Crippen LogP contribution in [-0.4, -0.2) is 11.1 Å². The second kappa shape index (κ2) is 6.66. The molecule has 2 aromatic rings. The summed E-state index contributed by atoms with van der Waals surface area (Å²) in [5.41, 5.74) is 2.65. The number of aliphatic carboxylic acids is 1. The number of halogens is 1. The van der Waals surface area contributed by atoms with Crippen molar-refractivity contribution in [3.63, 3.8) is 0 Å². The Labute approximate surface area is 117 Å². The van der Waals surface area contributed by atoms with E-state index in [1.165, 1.54) is 18.2 Å². The summed E-state index contributed by atoms with van der Waals surface area (Å²) in [7, 11) is 0. The van der Waals surface area contributed by atoms with E-state index in [0.717, 1.165) is 16.7 Å². The van der Waals surface area contributed by atoms with Crippen molar-refractivity contribution in [3.8, 4) is 0 Å². The molecular formula is C17H15FO2. The number of hydrogen-bond acceptors (Lipinski definition) is 1. The number of allylic oxidation sites excluding steroid dienone is 1. The zero-order chi connectivity index (χ0) is 14.4. The first-order chi connectivity index (χ1) is 9.65. The molecule has 0 bridgehead atoms. The molecule has 0 amide bonds. The summed E-state index contributed by atoms with van der Waals surface area (Å²) in [5.74, 6) is -1.22. The maximum absolute atomic E-state index is 12.8. The molecular weight excluding hydrogens is 255 g/mol. The normalized spacial score (nSPS) is 11.3. The molecule has 3 heteroatoms. The minimum absolute atomic E-state index is 0.266. The molecule has 0 aliphatic rings. The Hall–Kier alpha value is -2.42. The van der Waals surface area contributed by atoms with Crippen molar-refractivity contribution in [2.24, 2.45) is 0 Å². The standard InChI is InChI=1S/C17H15FO2/c18-16-10-7-13(8-11-16)6-9-15(12-17(19)20)14-4-2-1-3-5-14/h1-5,7-8,10-12H,6,9H2,(H,19,20). The molecule has 2 rings (SSSR count). The monoisotopic (exact) mass is 270 g/mol. The molecule has 0 heterocycles. The van der Waals surface area contributed by atoms with Crippen molar-refractivity contribution in [3.05, 3.63) is 77.6 Å². The van der Waals surface area contributed by atoms with Crippen molar-refractivity contribution in [1.29, 1.82) is 0 Å². The van der Waals surface area contributed by atoms with Gasteiger partial charge in [0.2, 0.25) is 0 Å². The van der Waals surface area contributed by atoms with Gasteiger partial charge in [-0.3, -0.25) is 0 Å². The summed E-state index contributed by atoms with van der Waals surface area (Å²) in [5, 5.41) is 8.95. The highest BCUT2D eigenvalue weighted by atomic mass is 19.1. The van der Waals surface area contributed by atoms with Crippen LogP contribution >= 0.6 is 0 Å². The van der Waals surface area contributed by atoms with Crippen LogP contribution in [0, 0.1) is 5.82 Å². The Kier molecular flexibility index (Phi) is 4.66. The van der Waals surface area contributed by atoms with Gasteiger partial charge in [-0.25, -0.2) is 9.18 Å². The minimum Gasteiger partial charge on any atom is -0.478 e. The summed E-state index contributed by atoms with van der Waals surface area (Å²) < 4.78 is 12.8. The van der Waals surface area contributed by atoms with Gasteiger partial charge in [0.05, 0.1) is 0 Å². The van der Waals surface area contributed by atoms with E-state index in [4.69, 9.17) is 5.11 Å². The lowest BCUT2D eigenvalue weighted by Gasteiger charge is -2.07. The molecule has 0 fully saturated rings. The number of hydrogen-bond donors (Lipinski definition) is 1. The Morgan fingerprint density at radius 2 is 1.70 bits per heavy atom. The largest absolute Gasteiger partial charge is 0.478 e. The molecule has 1 N–H and O–H groups in total. The molecule has 102 valence electrons. The number of carboxylic acid groups (broad SMARTS) is 1. The lowest BCUT2D eigenvalue weighted by Crippen LogP contribution is -1.95. The minimum atomic E-state index is -0.956. The number of aryl methyl sites for hydroxylation is 1. The van der Waals surface area contributed by atoms with Gasteiger partial charge in [-0.15, -0.1) is 0 Å². The predicted octanol–water partition coefficient (Wildman–Crippen LogP) is 3.93. The summed E-state index contributed by atoms with van der Waals surface area (Å²) in [6.07, 6.45) is 2.51. The number of benzene rings is 2. The van der Waals surface area contributed by atoms with Gasteiger partial charge in [0.15, 0.2) is 0 Å². The van der Waals surface area contributed by atoms with Crippen LogP contribution in [0.4, 0.5) is 4.39 Å². The van der Waals surface area contributed by atoms with E-state index in [9.17, 15) is 9.18 Å². The third-order valence-corrected chi connectivity index (χ3v) is 3.04. The highest BCUT2D eigenvalue weighted by Gasteiger charge is 2.05. The van der Waals surface area contributed by atoms with E-state index in [0.29, 0.717) is 12.8 Å². The number of rotatable bonds is 5.